The van der Waals surface area contributed by atoms with Crippen LogP contribution in [0, 0.1) is 6.92 Å². The molecule has 0 saturated carbocycles. The van der Waals surface area contributed by atoms with Gasteiger partial charge in [0.1, 0.15) is 17.6 Å². The van der Waals surface area contributed by atoms with Crippen LogP contribution < -0.4 is 9.47 Å². The van der Waals surface area contributed by atoms with Crippen LogP contribution in [0.1, 0.15) is 45.8 Å². The van der Waals surface area contributed by atoms with Crippen LogP contribution in [0.3, 0.4) is 0 Å². The Labute approximate surface area is 177 Å². The molecule has 2 aliphatic rings. The first-order valence-corrected chi connectivity index (χ1v) is 11.4. The summed E-state index contributed by atoms with van der Waals surface area (Å²) in [6.07, 6.45) is 4.24. The molecule has 3 heterocycles. The van der Waals surface area contributed by atoms with Gasteiger partial charge in [-0.1, -0.05) is 0 Å². The van der Waals surface area contributed by atoms with Gasteiger partial charge >= 0.3 is 0 Å². The van der Waals surface area contributed by atoms with Crippen LogP contribution in [-0.4, -0.2) is 55.1 Å². The van der Waals surface area contributed by atoms with Gasteiger partial charge in [0.2, 0.25) is 0 Å². The monoisotopic (exact) mass is 414 g/mol. The van der Waals surface area contributed by atoms with E-state index in [1.165, 1.54) is 9.75 Å². The molecular formula is C23H30N2O3S. The predicted molar refractivity (Wildman–Crippen MR) is 116 cm³/mol. The van der Waals surface area contributed by atoms with E-state index in [1.807, 2.05) is 34.4 Å². The van der Waals surface area contributed by atoms with E-state index in [1.54, 1.807) is 7.11 Å². The molecule has 2 aliphatic heterocycles. The van der Waals surface area contributed by atoms with Gasteiger partial charge in [-0.05, 0) is 56.9 Å². The van der Waals surface area contributed by atoms with Gasteiger partial charge in [-0.25, -0.2) is 0 Å². The number of likely N-dealkylation sites (tertiary alicyclic amines) is 2. The Morgan fingerprint density at radius 1 is 1.10 bits per heavy atom. The van der Waals surface area contributed by atoms with Crippen molar-refractivity contribution in [2.24, 2.45) is 0 Å². The molecule has 1 aromatic heterocycles. The average Bonchev–Trinajstić information content (AvgIpc) is 3.41. The summed E-state index contributed by atoms with van der Waals surface area (Å²) in [5.74, 6) is 1.46. The lowest BCUT2D eigenvalue weighted by atomic mass is 10.1. The minimum atomic E-state index is 0.0747. The van der Waals surface area contributed by atoms with Gasteiger partial charge in [0.25, 0.3) is 5.91 Å². The highest BCUT2D eigenvalue weighted by Crippen LogP contribution is 2.30. The lowest BCUT2D eigenvalue weighted by molar-refractivity contribution is 0.0765. The molecule has 29 heavy (non-hydrogen) atoms. The summed E-state index contributed by atoms with van der Waals surface area (Å²) in [6, 6.07) is 9.99. The zero-order valence-electron chi connectivity index (χ0n) is 17.4. The van der Waals surface area contributed by atoms with Crippen LogP contribution in [0.2, 0.25) is 0 Å². The van der Waals surface area contributed by atoms with Gasteiger partial charge in [0.15, 0.2) is 0 Å². The molecule has 4 rings (SSSR count). The van der Waals surface area contributed by atoms with Crippen molar-refractivity contribution in [2.45, 2.75) is 45.3 Å². The molecule has 0 radical (unpaired) electrons. The van der Waals surface area contributed by atoms with Gasteiger partial charge in [0, 0.05) is 48.5 Å². The summed E-state index contributed by atoms with van der Waals surface area (Å²) < 4.78 is 11.7. The number of carbonyl (C=O) groups excluding carboxylic acids is 1. The van der Waals surface area contributed by atoms with Crippen LogP contribution in [0.25, 0.3) is 0 Å². The largest absolute Gasteiger partial charge is 0.497 e. The third-order valence-electron chi connectivity index (χ3n) is 5.82. The Morgan fingerprint density at radius 2 is 1.86 bits per heavy atom. The second-order valence-corrected chi connectivity index (χ2v) is 9.34. The number of ether oxygens (including phenoxy) is 2. The van der Waals surface area contributed by atoms with Crippen LogP contribution in [0.5, 0.6) is 11.5 Å². The Hall–Kier alpha value is -2.05. The van der Waals surface area contributed by atoms with Crippen LogP contribution in [0.15, 0.2) is 30.3 Å². The number of hydrogen-bond acceptors (Lipinski definition) is 5. The van der Waals surface area contributed by atoms with E-state index in [4.69, 9.17) is 9.47 Å². The van der Waals surface area contributed by atoms with Gasteiger partial charge in [-0.2, -0.15) is 0 Å². The van der Waals surface area contributed by atoms with Crippen molar-refractivity contribution in [2.75, 3.05) is 33.3 Å². The number of carbonyl (C=O) groups is 1. The van der Waals surface area contributed by atoms with E-state index in [2.05, 4.69) is 24.0 Å². The van der Waals surface area contributed by atoms with E-state index in [9.17, 15) is 4.79 Å². The number of benzene rings is 1. The van der Waals surface area contributed by atoms with E-state index < -0.39 is 0 Å². The first-order chi connectivity index (χ1) is 14.1. The minimum Gasteiger partial charge on any atom is -0.497 e. The van der Waals surface area contributed by atoms with Crippen molar-refractivity contribution in [3.05, 3.63) is 45.6 Å². The molecule has 2 fully saturated rings. The first kappa shape index (κ1) is 20.2. The number of methoxy groups -OCH3 is 1. The Bertz CT molecular complexity index is 836. The molecule has 0 bridgehead atoms. The molecule has 0 atom stereocenters. The number of piperidine rings is 1. The second kappa shape index (κ2) is 9.18. The highest BCUT2D eigenvalue weighted by molar-refractivity contribution is 7.11. The van der Waals surface area contributed by atoms with Crippen LogP contribution in [0.4, 0.5) is 0 Å². The molecule has 6 heteroatoms. The molecule has 0 N–H and O–H groups in total. The zero-order valence-corrected chi connectivity index (χ0v) is 18.2. The van der Waals surface area contributed by atoms with E-state index in [-0.39, 0.29) is 12.0 Å². The third-order valence-corrected chi connectivity index (χ3v) is 6.80. The smallest absolute Gasteiger partial charge is 0.257 e. The Balaban J connectivity index is 1.40. The number of amides is 1. The number of rotatable bonds is 6. The lowest BCUT2D eigenvalue weighted by Crippen LogP contribution is -2.38. The summed E-state index contributed by atoms with van der Waals surface area (Å²) in [4.78, 5) is 20.2. The summed E-state index contributed by atoms with van der Waals surface area (Å²) in [7, 11) is 1.64. The highest BCUT2D eigenvalue weighted by atomic mass is 32.1. The topological polar surface area (TPSA) is 42.0 Å². The van der Waals surface area contributed by atoms with Gasteiger partial charge < -0.3 is 14.4 Å². The normalized spacial score (nSPS) is 18.2. The quantitative estimate of drug-likeness (QED) is 0.705. The lowest BCUT2D eigenvalue weighted by Gasteiger charge is -2.32. The Kier molecular flexibility index (Phi) is 6.40. The molecule has 2 saturated heterocycles. The summed E-state index contributed by atoms with van der Waals surface area (Å²) in [6.45, 7) is 6.88. The maximum atomic E-state index is 13.0. The molecule has 0 spiro atoms. The fourth-order valence-corrected chi connectivity index (χ4v) is 5.08. The standard InChI is InChI=1S/C23H30N2O3S/c1-17-5-7-20(29-17)16-24-13-9-18(10-14-24)28-22-15-19(27-2)6-8-21(22)23(26)25-11-3-4-12-25/h5-8,15,18H,3-4,9-14,16H2,1-2H3. The van der Waals surface area contributed by atoms with Crippen LogP contribution >= 0.6 is 11.3 Å². The fraction of sp³-hybridized carbons (Fsp3) is 0.522. The van der Waals surface area contributed by atoms with E-state index >= 15 is 0 Å². The maximum absolute atomic E-state index is 13.0. The maximum Gasteiger partial charge on any atom is 0.257 e. The molecule has 2 aromatic rings. The van der Waals surface area contributed by atoms with Crippen molar-refractivity contribution in [1.82, 2.24) is 9.80 Å². The molecule has 5 nitrogen and oxygen atoms in total. The molecule has 1 amide bonds. The SMILES string of the molecule is COc1ccc(C(=O)N2CCCC2)c(OC2CCN(Cc3ccc(C)s3)CC2)c1. The summed E-state index contributed by atoms with van der Waals surface area (Å²) in [5.41, 5.74) is 0.657. The molecule has 1 aromatic carbocycles. The number of hydrogen-bond donors (Lipinski definition) is 0. The van der Waals surface area contributed by atoms with Gasteiger partial charge in [-0.3, -0.25) is 9.69 Å². The molecule has 156 valence electrons. The first-order valence-electron chi connectivity index (χ1n) is 10.5. The minimum absolute atomic E-state index is 0.0747. The predicted octanol–water partition coefficient (Wildman–Crippen LogP) is 4.34. The van der Waals surface area contributed by atoms with Crippen molar-refractivity contribution < 1.29 is 14.3 Å². The van der Waals surface area contributed by atoms with E-state index in [0.717, 1.165) is 64.2 Å². The number of aryl methyl sites for hydroxylation is 1. The van der Waals surface area contributed by atoms with Crippen LogP contribution in [-0.2, 0) is 6.54 Å². The average molecular weight is 415 g/mol. The second-order valence-electron chi connectivity index (χ2n) is 7.97. The number of nitrogens with zero attached hydrogens (tertiary/aromatic N) is 2. The van der Waals surface area contributed by atoms with Crippen molar-refractivity contribution in [1.29, 1.82) is 0 Å². The molecular weight excluding hydrogens is 384 g/mol. The highest BCUT2D eigenvalue weighted by Gasteiger charge is 2.26. The number of thiophene rings is 1. The summed E-state index contributed by atoms with van der Waals surface area (Å²) >= 11 is 1.88. The van der Waals surface area contributed by atoms with Crippen molar-refractivity contribution in [3.8, 4) is 11.5 Å². The molecule has 0 aliphatic carbocycles. The van der Waals surface area contributed by atoms with E-state index in [0.29, 0.717) is 11.3 Å². The van der Waals surface area contributed by atoms with Gasteiger partial charge in [-0.15, -0.1) is 11.3 Å². The third kappa shape index (κ3) is 4.93. The van der Waals surface area contributed by atoms with Gasteiger partial charge in [0.05, 0.1) is 12.7 Å². The summed E-state index contributed by atoms with van der Waals surface area (Å²) in [5, 5.41) is 0. The molecule has 0 unspecified atom stereocenters. The van der Waals surface area contributed by atoms with Crippen molar-refractivity contribution >= 4 is 17.2 Å². The van der Waals surface area contributed by atoms with Crippen molar-refractivity contribution in [3.63, 3.8) is 0 Å². The Morgan fingerprint density at radius 3 is 2.52 bits per heavy atom. The zero-order chi connectivity index (χ0) is 20.2. The fourth-order valence-electron chi connectivity index (χ4n) is 4.15.